The SMILES string of the molecule is CCCc1nc(C)c(Cc2ccc(C)cc2)c(Cl)n1. The zero-order chi connectivity index (χ0) is 13.8. The van der Waals surface area contributed by atoms with Gasteiger partial charge in [-0.15, -0.1) is 0 Å². The van der Waals surface area contributed by atoms with Crippen LogP contribution in [0.15, 0.2) is 24.3 Å². The zero-order valence-electron chi connectivity index (χ0n) is 11.7. The third-order valence-electron chi connectivity index (χ3n) is 3.18. The van der Waals surface area contributed by atoms with Crippen molar-refractivity contribution in [3.8, 4) is 0 Å². The Hall–Kier alpha value is -1.41. The summed E-state index contributed by atoms with van der Waals surface area (Å²) in [6, 6.07) is 8.49. The van der Waals surface area contributed by atoms with Crippen LogP contribution in [0.2, 0.25) is 5.15 Å². The number of hydrogen-bond donors (Lipinski definition) is 0. The van der Waals surface area contributed by atoms with E-state index in [2.05, 4.69) is 48.1 Å². The highest BCUT2D eigenvalue weighted by atomic mass is 35.5. The smallest absolute Gasteiger partial charge is 0.136 e. The van der Waals surface area contributed by atoms with Gasteiger partial charge in [0.15, 0.2) is 0 Å². The minimum atomic E-state index is 0.594. The van der Waals surface area contributed by atoms with Crippen LogP contribution >= 0.6 is 11.6 Å². The molecule has 2 rings (SSSR count). The van der Waals surface area contributed by atoms with Crippen LogP contribution in [0, 0.1) is 13.8 Å². The van der Waals surface area contributed by atoms with Gasteiger partial charge >= 0.3 is 0 Å². The summed E-state index contributed by atoms with van der Waals surface area (Å²) < 4.78 is 0. The molecular formula is C16H19ClN2. The molecule has 0 aliphatic heterocycles. The summed E-state index contributed by atoms with van der Waals surface area (Å²) in [5, 5.41) is 0.594. The molecule has 1 heterocycles. The molecular weight excluding hydrogens is 256 g/mol. The van der Waals surface area contributed by atoms with E-state index in [-0.39, 0.29) is 0 Å². The molecule has 3 heteroatoms. The minimum Gasteiger partial charge on any atom is -0.238 e. The van der Waals surface area contributed by atoms with Crippen LogP contribution < -0.4 is 0 Å². The fourth-order valence-corrected chi connectivity index (χ4v) is 2.36. The Bertz CT molecular complexity index is 538. The number of nitrogens with zero attached hydrogens (tertiary/aromatic N) is 2. The maximum atomic E-state index is 6.30. The van der Waals surface area contributed by atoms with E-state index in [1.54, 1.807) is 0 Å². The molecule has 0 N–H and O–H groups in total. The Morgan fingerprint density at radius 2 is 1.74 bits per heavy atom. The van der Waals surface area contributed by atoms with Crippen LogP contribution in [0.1, 0.15) is 41.6 Å². The topological polar surface area (TPSA) is 25.8 Å². The fourth-order valence-electron chi connectivity index (χ4n) is 2.06. The van der Waals surface area contributed by atoms with Crippen molar-refractivity contribution in [3.05, 3.63) is 57.6 Å². The van der Waals surface area contributed by atoms with E-state index in [1.165, 1.54) is 11.1 Å². The number of aromatic nitrogens is 2. The van der Waals surface area contributed by atoms with Gasteiger partial charge < -0.3 is 0 Å². The van der Waals surface area contributed by atoms with Crippen LogP contribution in [0.4, 0.5) is 0 Å². The molecule has 0 fully saturated rings. The summed E-state index contributed by atoms with van der Waals surface area (Å²) in [5.74, 6) is 0.845. The summed E-state index contributed by atoms with van der Waals surface area (Å²) in [7, 11) is 0. The summed E-state index contributed by atoms with van der Waals surface area (Å²) in [5.41, 5.74) is 4.53. The molecule has 0 bridgehead atoms. The van der Waals surface area contributed by atoms with E-state index < -0.39 is 0 Å². The predicted octanol–water partition coefficient (Wildman–Crippen LogP) is 4.29. The summed E-state index contributed by atoms with van der Waals surface area (Å²) in [4.78, 5) is 8.93. The van der Waals surface area contributed by atoms with E-state index in [9.17, 15) is 0 Å². The van der Waals surface area contributed by atoms with Gasteiger partial charge in [0.2, 0.25) is 0 Å². The molecule has 0 aliphatic carbocycles. The van der Waals surface area contributed by atoms with Crippen LogP contribution in [-0.2, 0) is 12.8 Å². The highest BCUT2D eigenvalue weighted by molar-refractivity contribution is 6.30. The van der Waals surface area contributed by atoms with Crippen LogP contribution in [0.3, 0.4) is 0 Å². The zero-order valence-corrected chi connectivity index (χ0v) is 12.5. The molecule has 1 aromatic carbocycles. The Morgan fingerprint density at radius 1 is 1.05 bits per heavy atom. The lowest BCUT2D eigenvalue weighted by molar-refractivity contribution is 0.815. The normalized spacial score (nSPS) is 10.7. The monoisotopic (exact) mass is 274 g/mol. The van der Waals surface area contributed by atoms with Gasteiger partial charge in [-0.3, -0.25) is 0 Å². The molecule has 2 nitrogen and oxygen atoms in total. The first kappa shape index (κ1) is 14.0. The Morgan fingerprint density at radius 3 is 2.32 bits per heavy atom. The van der Waals surface area contributed by atoms with Crippen LogP contribution in [-0.4, -0.2) is 9.97 Å². The minimum absolute atomic E-state index is 0.594. The van der Waals surface area contributed by atoms with E-state index in [1.807, 2.05) is 6.92 Å². The quantitative estimate of drug-likeness (QED) is 0.777. The first-order valence-electron chi connectivity index (χ1n) is 6.67. The van der Waals surface area contributed by atoms with Crippen molar-refractivity contribution in [2.75, 3.05) is 0 Å². The fraction of sp³-hybridized carbons (Fsp3) is 0.375. The van der Waals surface area contributed by atoms with Crippen molar-refractivity contribution >= 4 is 11.6 Å². The molecule has 0 saturated heterocycles. The Labute approximate surface area is 119 Å². The maximum absolute atomic E-state index is 6.30. The summed E-state index contributed by atoms with van der Waals surface area (Å²) in [6.45, 7) is 6.22. The summed E-state index contributed by atoms with van der Waals surface area (Å²) >= 11 is 6.30. The number of rotatable bonds is 4. The van der Waals surface area contributed by atoms with Crippen molar-refractivity contribution in [2.45, 2.75) is 40.0 Å². The van der Waals surface area contributed by atoms with Gasteiger partial charge in [0.1, 0.15) is 11.0 Å². The number of benzene rings is 1. The lowest BCUT2D eigenvalue weighted by atomic mass is 10.0. The molecule has 0 atom stereocenters. The molecule has 0 unspecified atom stereocenters. The van der Waals surface area contributed by atoms with E-state index in [4.69, 9.17) is 11.6 Å². The second-order valence-corrected chi connectivity index (χ2v) is 5.26. The molecule has 0 radical (unpaired) electrons. The predicted molar refractivity (Wildman–Crippen MR) is 79.8 cm³/mol. The van der Waals surface area contributed by atoms with Crippen LogP contribution in [0.5, 0.6) is 0 Å². The van der Waals surface area contributed by atoms with Gasteiger partial charge in [0.05, 0.1) is 0 Å². The molecule has 0 amide bonds. The first-order chi connectivity index (χ1) is 9.10. The van der Waals surface area contributed by atoms with Crippen molar-refractivity contribution < 1.29 is 0 Å². The number of halogens is 1. The third kappa shape index (κ3) is 3.54. The van der Waals surface area contributed by atoms with Crippen LogP contribution in [0.25, 0.3) is 0 Å². The standard InChI is InChI=1S/C16H19ClN2/c1-4-5-15-18-12(3)14(16(17)19-15)10-13-8-6-11(2)7-9-13/h6-9H,4-5,10H2,1-3H3. The Balaban J connectivity index is 2.27. The molecule has 1 aromatic heterocycles. The van der Waals surface area contributed by atoms with Gasteiger partial charge in [0.25, 0.3) is 0 Å². The Kier molecular flexibility index (Phi) is 4.54. The highest BCUT2D eigenvalue weighted by Crippen LogP contribution is 2.21. The van der Waals surface area contributed by atoms with Gasteiger partial charge in [0, 0.05) is 24.1 Å². The second kappa shape index (κ2) is 6.16. The van der Waals surface area contributed by atoms with Crippen molar-refractivity contribution in [2.24, 2.45) is 0 Å². The number of aryl methyl sites for hydroxylation is 3. The molecule has 0 saturated carbocycles. The number of hydrogen-bond acceptors (Lipinski definition) is 2. The largest absolute Gasteiger partial charge is 0.238 e. The van der Waals surface area contributed by atoms with E-state index in [0.717, 1.165) is 36.3 Å². The molecule has 2 aromatic rings. The summed E-state index contributed by atoms with van der Waals surface area (Å²) in [6.07, 6.45) is 2.70. The van der Waals surface area contributed by atoms with E-state index >= 15 is 0 Å². The van der Waals surface area contributed by atoms with Crippen molar-refractivity contribution in [1.82, 2.24) is 9.97 Å². The first-order valence-corrected chi connectivity index (χ1v) is 7.05. The lowest BCUT2D eigenvalue weighted by Crippen LogP contribution is -2.03. The third-order valence-corrected chi connectivity index (χ3v) is 3.50. The van der Waals surface area contributed by atoms with Crippen molar-refractivity contribution in [1.29, 1.82) is 0 Å². The van der Waals surface area contributed by atoms with Gasteiger partial charge in [-0.2, -0.15) is 0 Å². The van der Waals surface area contributed by atoms with E-state index in [0.29, 0.717) is 5.15 Å². The molecule has 100 valence electrons. The molecule has 0 spiro atoms. The van der Waals surface area contributed by atoms with Gasteiger partial charge in [-0.1, -0.05) is 48.4 Å². The molecule has 0 aliphatic rings. The van der Waals surface area contributed by atoms with Gasteiger partial charge in [-0.05, 0) is 25.8 Å². The highest BCUT2D eigenvalue weighted by Gasteiger charge is 2.10. The average molecular weight is 275 g/mol. The van der Waals surface area contributed by atoms with Crippen molar-refractivity contribution in [3.63, 3.8) is 0 Å². The second-order valence-electron chi connectivity index (χ2n) is 4.91. The maximum Gasteiger partial charge on any atom is 0.136 e. The lowest BCUT2D eigenvalue weighted by Gasteiger charge is -2.09. The average Bonchev–Trinajstić information content (AvgIpc) is 2.36. The van der Waals surface area contributed by atoms with Gasteiger partial charge in [-0.25, -0.2) is 9.97 Å². The molecule has 19 heavy (non-hydrogen) atoms.